The average molecular weight is 381 g/mol. The van der Waals surface area contributed by atoms with Crippen LogP contribution in [0, 0.1) is 5.92 Å². The van der Waals surface area contributed by atoms with Crippen molar-refractivity contribution in [3.05, 3.63) is 24.0 Å². The first-order valence-corrected chi connectivity index (χ1v) is 11.9. The Hall–Kier alpha value is -1.64. The van der Waals surface area contributed by atoms with Gasteiger partial charge in [0.15, 0.2) is 13.9 Å². The van der Waals surface area contributed by atoms with E-state index in [0.29, 0.717) is 17.8 Å². The number of nitrogens with two attached hydrogens (primary N) is 2. The second kappa shape index (κ2) is 7.17. The lowest BCUT2D eigenvalue weighted by molar-refractivity contribution is -0.112. The van der Waals surface area contributed by atoms with Crippen LogP contribution in [0.3, 0.4) is 0 Å². The summed E-state index contributed by atoms with van der Waals surface area (Å²) in [6.07, 6.45) is 1.99. The second-order valence-corrected chi connectivity index (χ2v) is 13.4. The molecule has 5 N–H and O–H groups in total. The molecule has 1 aliphatic rings. The number of primary amides is 1. The van der Waals surface area contributed by atoms with Crippen molar-refractivity contribution in [2.45, 2.75) is 57.5 Å². The molecule has 1 aliphatic heterocycles. The van der Waals surface area contributed by atoms with Gasteiger partial charge >= 0.3 is 6.09 Å². The van der Waals surface area contributed by atoms with E-state index in [2.05, 4.69) is 51.1 Å². The van der Waals surface area contributed by atoms with E-state index in [0.717, 1.165) is 6.54 Å². The number of nitrogens with zero attached hydrogens (tertiary/aromatic N) is 1. The molecule has 1 aromatic rings. The van der Waals surface area contributed by atoms with Crippen LogP contribution in [0.1, 0.15) is 33.3 Å². The van der Waals surface area contributed by atoms with Gasteiger partial charge in [0.2, 0.25) is 0 Å². The number of ether oxygens (including phenoxy) is 1. The summed E-state index contributed by atoms with van der Waals surface area (Å²) < 4.78 is 12.5. The minimum absolute atomic E-state index is 0.0137. The minimum Gasteiger partial charge on any atom is -0.434 e. The first-order valence-electron chi connectivity index (χ1n) is 8.97. The van der Waals surface area contributed by atoms with E-state index in [9.17, 15) is 4.79 Å². The lowest BCUT2D eigenvalue weighted by atomic mass is 9.78. The van der Waals surface area contributed by atoms with Crippen molar-refractivity contribution in [3.8, 4) is 0 Å². The summed E-state index contributed by atoms with van der Waals surface area (Å²) in [6, 6.07) is 1.78. The molecule has 2 heterocycles. The Kier molecular flexibility index (Phi) is 5.70. The molecule has 1 saturated heterocycles. The molecular weight excluding hydrogens is 348 g/mol. The number of aromatic nitrogens is 1. The monoisotopic (exact) mass is 380 g/mol. The summed E-state index contributed by atoms with van der Waals surface area (Å²) in [5.74, 6) is 0.102. The van der Waals surface area contributed by atoms with E-state index in [1.54, 1.807) is 18.5 Å². The SMILES string of the molecule is C[C@H]1CNC[C@](OC(N)=O)(c2ccncc2N)[C@@H]1O[Si](C)(C)C(C)(C)C. The zero-order valence-electron chi connectivity index (χ0n) is 16.6. The van der Waals surface area contributed by atoms with Crippen molar-refractivity contribution in [2.24, 2.45) is 11.7 Å². The quantitative estimate of drug-likeness (QED) is 0.692. The third-order valence-corrected chi connectivity index (χ3v) is 10.1. The van der Waals surface area contributed by atoms with Crippen LogP contribution in [0.25, 0.3) is 0 Å². The predicted octanol–water partition coefficient (Wildman–Crippen LogP) is 2.58. The van der Waals surface area contributed by atoms with E-state index in [4.69, 9.17) is 20.6 Å². The van der Waals surface area contributed by atoms with Crippen LogP contribution in [-0.4, -0.2) is 38.6 Å². The largest absolute Gasteiger partial charge is 0.434 e. The Morgan fingerprint density at radius 1 is 1.42 bits per heavy atom. The maximum atomic E-state index is 11.8. The molecule has 1 aromatic heterocycles. The van der Waals surface area contributed by atoms with Gasteiger partial charge in [-0.05, 0) is 30.1 Å². The fraction of sp³-hybridized carbons (Fsp3) is 0.667. The van der Waals surface area contributed by atoms with Gasteiger partial charge in [0.1, 0.15) is 0 Å². The molecule has 0 aromatic carbocycles. The third kappa shape index (κ3) is 3.87. The maximum absolute atomic E-state index is 11.8. The second-order valence-electron chi connectivity index (χ2n) is 8.68. The van der Waals surface area contributed by atoms with Crippen LogP contribution < -0.4 is 16.8 Å². The molecule has 26 heavy (non-hydrogen) atoms. The van der Waals surface area contributed by atoms with Gasteiger partial charge in [-0.2, -0.15) is 0 Å². The lowest BCUT2D eigenvalue weighted by Gasteiger charge is -2.51. The summed E-state index contributed by atoms with van der Waals surface area (Å²) in [6.45, 7) is 14.1. The molecule has 146 valence electrons. The van der Waals surface area contributed by atoms with Crippen LogP contribution in [0.4, 0.5) is 10.5 Å². The van der Waals surface area contributed by atoms with Gasteiger partial charge in [-0.1, -0.05) is 27.7 Å². The molecule has 0 radical (unpaired) electrons. The van der Waals surface area contributed by atoms with Crippen LogP contribution in [0.5, 0.6) is 0 Å². The summed E-state index contributed by atoms with van der Waals surface area (Å²) >= 11 is 0. The van der Waals surface area contributed by atoms with E-state index >= 15 is 0 Å². The summed E-state index contributed by atoms with van der Waals surface area (Å²) in [7, 11) is -2.14. The van der Waals surface area contributed by atoms with Crippen molar-refractivity contribution in [1.29, 1.82) is 0 Å². The van der Waals surface area contributed by atoms with Crippen LogP contribution in [0.15, 0.2) is 18.5 Å². The van der Waals surface area contributed by atoms with Gasteiger partial charge in [0.25, 0.3) is 0 Å². The number of nitrogen functional groups attached to an aromatic ring is 1. The molecular formula is C18H32N4O3Si. The standard InChI is InChI=1S/C18H32N4O3Si/c1-12-9-22-11-18(24-16(20)23,13-7-8-21-10-14(13)19)15(12)25-26(5,6)17(2,3)4/h7-8,10,12,15,22H,9,11,19H2,1-6H3,(H2,20,23)/t12-,15+,18-/m0/s1. The summed E-state index contributed by atoms with van der Waals surface area (Å²) in [5, 5.41) is 3.35. The number of carbonyl (C=O) groups is 1. The summed E-state index contributed by atoms with van der Waals surface area (Å²) in [4.78, 5) is 15.9. The van der Waals surface area contributed by atoms with Crippen molar-refractivity contribution in [2.75, 3.05) is 18.8 Å². The zero-order valence-corrected chi connectivity index (χ0v) is 17.6. The molecule has 0 saturated carbocycles. The van der Waals surface area contributed by atoms with Crippen molar-refractivity contribution in [1.82, 2.24) is 10.3 Å². The lowest BCUT2D eigenvalue weighted by Crippen LogP contribution is -2.63. The van der Waals surface area contributed by atoms with Gasteiger partial charge in [0.05, 0.1) is 18.0 Å². The molecule has 1 fully saturated rings. The molecule has 3 atom stereocenters. The number of hydrogen-bond donors (Lipinski definition) is 3. The minimum atomic E-state index is -2.14. The average Bonchev–Trinajstić information content (AvgIpc) is 2.49. The highest BCUT2D eigenvalue weighted by molar-refractivity contribution is 6.74. The maximum Gasteiger partial charge on any atom is 0.405 e. The van der Waals surface area contributed by atoms with Gasteiger partial charge < -0.3 is 25.9 Å². The van der Waals surface area contributed by atoms with E-state index in [1.165, 1.54) is 0 Å². The molecule has 2 rings (SSSR count). The number of piperidine rings is 1. The molecule has 0 aliphatic carbocycles. The van der Waals surface area contributed by atoms with Crippen LogP contribution in [0.2, 0.25) is 18.1 Å². The Morgan fingerprint density at radius 3 is 2.62 bits per heavy atom. The number of hydrogen-bond acceptors (Lipinski definition) is 6. The van der Waals surface area contributed by atoms with Crippen molar-refractivity contribution in [3.63, 3.8) is 0 Å². The smallest absolute Gasteiger partial charge is 0.405 e. The molecule has 8 heteroatoms. The highest BCUT2D eigenvalue weighted by Crippen LogP contribution is 2.45. The number of rotatable bonds is 4. The number of nitrogens with one attached hydrogen (secondary N) is 1. The topological polar surface area (TPSA) is 112 Å². The Labute approximate surface area is 157 Å². The molecule has 0 spiro atoms. The predicted molar refractivity (Wildman–Crippen MR) is 105 cm³/mol. The van der Waals surface area contributed by atoms with E-state index in [-0.39, 0.29) is 17.1 Å². The Balaban J connectivity index is 2.59. The molecule has 0 unspecified atom stereocenters. The van der Waals surface area contributed by atoms with Gasteiger partial charge in [-0.15, -0.1) is 0 Å². The first-order chi connectivity index (χ1) is 11.9. The normalized spacial score (nSPS) is 27.2. The van der Waals surface area contributed by atoms with Crippen molar-refractivity contribution < 1.29 is 14.0 Å². The Morgan fingerprint density at radius 2 is 2.08 bits per heavy atom. The Bertz CT molecular complexity index is 662. The fourth-order valence-corrected chi connectivity index (χ4v) is 4.64. The van der Waals surface area contributed by atoms with Gasteiger partial charge in [-0.3, -0.25) is 4.98 Å². The molecule has 1 amide bonds. The number of pyridine rings is 1. The first kappa shape index (κ1) is 20.7. The van der Waals surface area contributed by atoms with Gasteiger partial charge in [0, 0.05) is 24.8 Å². The highest BCUT2D eigenvalue weighted by atomic mass is 28.4. The van der Waals surface area contributed by atoms with Gasteiger partial charge in [-0.25, -0.2) is 4.79 Å². The number of anilines is 1. The summed E-state index contributed by atoms with van der Waals surface area (Å²) in [5.41, 5.74) is 11.7. The third-order valence-electron chi connectivity index (χ3n) is 5.65. The van der Waals surface area contributed by atoms with Crippen LogP contribution >= 0.6 is 0 Å². The zero-order chi connectivity index (χ0) is 19.8. The number of carbonyl (C=O) groups excluding carboxylic acids is 1. The molecule has 7 nitrogen and oxygen atoms in total. The van der Waals surface area contributed by atoms with Crippen molar-refractivity contribution >= 4 is 20.1 Å². The fourth-order valence-electron chi connectivity index (χ4n) is 3.23. The van der Waals surface area contributed by atoms with Crippen LogP contribution in [-0.2, 0) is 14.8 Å². The number of amides is 1. The van der Waals surface area contributed by atoms with E-state index < -0.39 is 20.0 Å². The van der Waals surface area contributed by atoms with E-state index in [1.807, 2.05) is 0 Å². The molecule has 0 bridgehead atoms. The highest BCUT2D eigenvalue weighted by Gasteiger charge is 2.54.